The Morgan fingerprint density at radius 3 is 3.10 bits per heavy atom. The smallest absolute Gasteiger partial charge is 0.311 e. The SMILES string of the molecule is O=[N+]([O-])c1cccnc1N[C@@H]1CCSc2ccc(F)cc21. The molecule has 0 radical (unpaired) electrons. The lowest BCUT2D eigenvalue weighted by Gasteiger charge is -2.26. The average Bonchev–Trinajstić information content (AvgIpc) is 2.48. The fraction of sp³-hybridized carbons (Fsp3) is 0.214. The van der Waals surface area contributed by atoms with Gasteiger partial charge < -0.3 is 5.32 Å². The second-order valence-electron chi connectivity index (χ2n) is 4.64. The summed E-state index contributed by atoms with van der Waals surface area (Å²) in [5.41, 5.74) is 0.750. The van der Waals surface area contributed by atoms with Crippen molar-refractivity contribution in [2.45, 2.75) is 17.4 Å². The zero-order valence-corrected chi connectivity index (χ0v) is 11.8. The van der Waals surface area contributed by atoms with E-state index in [-0.39, 0.29) is 23.4 Å². The number of nitrogens with one attached hydrogen (secondary N) is 1. The van der Waals surface area contributed by atoms with Gasteiger partial charge in [-0.15, -0.1) is 11.8 Å². The number of thioether (sulfide) groups is 1. The summed E-state index contributed by atoms with van der Waals surface area (Å²) in [7, 11) is 0. The van der Waals surface area contributed by atoms with Crippen LogP contribution < -0.4 is 5.32 Å². The molecule has 21 heavy (non-hydrogen) atoms. The minimum Gasteiger partial charge on any atom is -0.357 e. The fourth-order valence-electron chi connectivity index (χ4n) is 2.34. The van der Waals surface area contributed by atoms with Crippen LogP contribution in [-0.4, -0.2) is 15.7 Å². The van der Waals surface area contributed by atoms with Crippen molar-refractivity contribution in [3.63, 3.8) is 0 Å². The van der Waals surface area contributed by atoms with Gasteiger partial charge in [-0.1, -0.05) is 0 Å². The Labute approximate surface area is 124 Å². The lowest BCUT2D eigenvalue weighted by molar-refractivity contribution is -0.384. The highest BCUT2D eigenvalue weighted by Crippen LogP contribution is 2.39. The maximum Gasteiger partial charge on any atom is 0.311 e. The lowest BCUT2D eigenvalue weighted by Crippen LogP contribution is -2.17. The van der Waals surface area contributed by atoms with E-state index in [0.29, 0.717) is 0 Å². The van der Waals surface area contributed by atoms with E-state index >= 15 is 0 Å². The first kappa shape index (κ1) is 13.8. The number of fused-ring (bicyclic) bond motifs is 1. The van der Waals surface area contributed by atoms with Crippen LogP contribution >= 0.6 is 11.8 Å². The molecule has 0 fully saturated rings. The first-order chi connectivity index (χ1) is 10.1. The zero-order chi connectivity index (χ0) is 14.8. The molecule has 1 aliphatic rings. The van der Waals surface area contributed by atoms with Crippen molar-refractivity contribution in [3.05, 3.63) is 58.0 Å². The van der Waals surface area contributed by atoms with E-state index in [1.807, 2.05) is 0 Å². The van der Waals surface area contributed by atoms with Crippen LogP contribution in [0.3, 0.4) is 0 Å². The van der Waals surface area contributed by atoms with E-state index < -0.39 is 4.92 Å². The number of nitrogens with zero attached hydrogens (tertiary/aromatic N) is 2. The Balaban J connectivity index is 1.94. The number of hydrogen-bond donors (Lipinski definition) is 1. The quantitative estimate of drug-likeness (QED) is 0.690. The summed E-state index contributed by atoms with van der Waals surface area (Å²) < 4.78 is 13.5. The van der Waals surface area contributed by atoms with E-state index in [9.17, 15) is 14.5 Å². The monoisotopic (exact) mass is 305 g/mol. The Morgan fingerprint density at radius 1 is 1.43 bits per heavy atom. The molecule has 108 valence electrons. The van der Waals surface area contributed by atoms with Gasteiger partial charge in [0.25, 0.3) is 0 Å². The Hall–Kier alpha value is -2.15. The molecule has 1 aromatic heterocycles. The molecule has 0 unspecified atom stereocenters. The van der Waals surface area contributed by atoms with E-state index in [4.69, 9.17) is 0 Å². The molecule has 0 saturated carbocycles. The molecule has 1 aromatic carbocycles. The first-order valence-corrected chi connectivity index (χ1v) is 7.42. The van der Waals surface area contributed by atoms with Crippen LogP contribution in [0.1, 0.15) is 18.0 Å². The van der Waals surface area contributed by atoms with Gasteiger partial charge in [0.1, 0.15) is 5.82 Å². The molecule has 5 nitrogen and oxygen atoms in total. The number of pyridine rings is 1. The third-order valence-corrected chi connectivity index (χ3v) is 4.43. The van der Waals surface area contributed by atoms with Gasteiger partial charge in [-0.25, -0.2) is 9.37 Å². The van der Waals surface area contributed by atoms with Gasteiger partial charge in [0.15, 0.2) is 0 Å². The third kappa shape index (κ3) is 2.82. The third-order valence-electron chi connectivity index (χ3n) is 3.31. The van der Waals surface area contributed by atoms with Crippen LogP contribution in [0.4, 0.5) is 15.9 Å². The molecular weight excluding hydrogens is 293 g/mol. The molecule has 0 amide bonds. The van der Waals surface area contributed by atoms with Crippen molar-refractivity contribution in [3.8, 4) is 0 Å². The summed E-state index contributed by atoms with van der Waals surface area (Å²) in [5, 5.41) is 14.1. The topological polar surface area (TPSA) is 68.1 Å². The van der Waals surface area contributed by atoms with Crippen LogP contribution in [0.5, 0.6) is 0 Å². The molecule has 0 saturated heterocycles. The fourth-order valence-corrected chi connectivity index (χ4v) is 3.44. The van der Waals surface area contributed by atoms with E-state index in [2.05, 4.69) is 10.3 Å². The van der Waals surface area contributed by atoms with Gasteiger partial charge >= 0.3 is 5.69 Å². The molecule has 1 N–H and O–H groups in total. The predicted octanol–water partition coefficient (Wildman–Crippen LogP) is 3.78. The number of rotatable bonds is 3. The number of aromatic nitrogens is 1. The maximum atomic E-state index is 13.5. The van der Waals surface area contributed by atoms with Crippen molar-refractivity contribution in [2.24, 2.45) is 0 Å². The molecule has 2 heterocycles. The molecule has 3 rings (SSSR count). The van der Waals surface area contributed by atoms with Gasteiger partial charge in [0, 0.05) is 22.9 Å². The largest absolute Gasteiger partial charge is 0.357 e. The lowest BCUT2D eigenvalue weighted by atomic mass is 10.0. The predicted molar refractivity (Wildman–Crippen MR) is 79.0 cm³/mol. The van der Waals surface area contributed by atoms with Crippen LogP contribution in [0.15, 0.2) is 41.4 Å². The second-order valence-corrected chi connectivity index (χ2v) is 5.78. The van der Waals surface area contributed by atoms with Crippen LogP contribution in [-0.2, 0) is 0 Å². The van der Waals surface area contributed by atoms with Gasteiger partial charge in [-0.2, -0.15) is 0 Å². The molecule has 0 bridgehead atoms. The standard InChI is InChI=1S/C14H12FN3O2S/c15-9-3-4-13-10(8-9)11(5-7-21-13)17-14-12(18(19)20)2-1-6-16-14/h1-4,6,8,11H,5,7H2,(H,16,17)/t11-/m1/s1. The number of hydrogen-bond acceptors (Lipinski definition) is 5. The molecular formula is C14H12FN3O2S. The summed E-state index contributed by atoms with van der Waals surface area (Å²) >= 11 is 1.66. The van der Waals surface area contributed by atoms with Gasteiger partial charge in [-0.3, -0.25) is 10.1 Å². The molecule has 2 aromatic rings. The van der Waals surface area contributed by atoms with Crippen molar-refractivity contribution in [1.82, 2.24) is 4.98 Å². The van der Waals surface area contributed by atoms with Crippen molar-refractivity contribution in [2.75, 3.05) is 11.1 Å². The van der Waals surface area contributed by atoms with Crippen molar-refractivity contribution < 1.29 is 9.31 Å². The summed E-state index contributed by atoms with van der Waals surface area (Å²) in [6.45, 7) is 0. The minimum absolute atomic E-state index is 0.0753. The molecule has 7 heteroatoms. The minimum atomic E-state index is -0.473. The van der Waals surface area contributed by atoms with Crippen LogP contribution in [0.25, 0.3) is 0 Å². The summed E-state index contributed by atoms with van der Waals surface area (Å²) in [5.74, 6) is 0.782. The van der Waals surface area contributed by atoms with E-state index in [1.165, 1.54) is 30.5 Å². The van der Waals surface area contributed by atoms with Crippen molar-refractivity contribution >= 4 is 23.3 Å². The van der Waals surface area contributed by atoms with Gasteiger partial charge in [-0.05, 0) is 36.2 Å². The molecule has 1 atom stereocenters. The van der Waals surface area contributed by atoms with Crippen LogP contribution in [0, 0.1) is 15.9 Å². The summed E-state index contributed by atoms with van der Waals surface area (Å²) in [4.78, 5) is 15.6. The molecule has 0 aliphatic carbocycles. The van der Waals surface area contributed by atoms with Gasteiger partial charge in [0.2, 0.25) is 5.82 Å². The van der Waals surface area contributed by atoms with Crippen LogP contribution in [0.2, 0.25) is 0 Å². The van der Waals surface area contributed by atoms with Crippen molar-refractivity contribution in [1.29, 1.82) is 0 Å². The second kappa shape index (κ2) is 5.69. The van der Waals surface area contributed by atoms with E-state index in [1.54, 1.807) is 17.8 Å². The number of halogens is 1. The van der Waals surface area contributed by atoms with Gasteiger partial charge in [0.05, 0.1) is 11.0 Å². The number of benzene rings is 1. The average molecular weight is 305 g/mol. The Kier molecular flexibility index (Phi) is 3.74. The highest BCUT2D eigenvalue weighted by atomic mass is 32.2. The Bertz CT molecular complexity index is 696. The van der Waals surface area contributed by atoms with E-state index in [0.717, 1.165) is 22.6 Å². The summed E-state index contributed by atoms with van der Waals surface area (Å²) in [6.07, 6.45) is 2.26. The normalized spacial score (nSPS) is 17.1. The first-order valence-electron chi connectivity index (χ1n) is 6.43. The molecule has 1 aliphatic heterocycles. The molecule has 0 spiro atoms. The highest BCUT2D eigenvalue weighted by molar-refractivity contribution is 7.99. The summed E-state index contributed by atoms with van der Waals surface area (Å²) in [6, 6.07) is 7.40. The Morgan fingerprint density at radius 2 is 2.29 bits per heavy atom. The highest BCUT2D eigenvalue weighted by Gasteiger charge is 2.24. The zero-order valence-electron chi connectivity index (χ0n) is 11.0. The maximum absolute atomic E-state index is 13.5. The number of anilines is 1. The number of nitro groups is 1.